The van der Waals surface area contributed by atoms with Gasteiger partial charge in [-0.2, -0.15) is 0 Å². The van der Waals surface area contributed by atoms with Crippen LogP contribution in [-0.4, -0.2) is 42.6 Å². The molecule has 0 aliphatic carbocycles. The molecule has 1 N–H and O–H groups in total. The predicted octanol–water partition coefficient (Wildman–Crippen LogP) is 3.48. The molecule has 1 heterocycles. The third kappa shape index (κ3) is 4.72. The first-order chi connectivity index (χ1) is 12.8. The van der Waals surface area contributed by atoms with Crippen molar-refractivity contribution in [1.29, 1.82) is 0 Å². The summed E-state index contributed by atoms with van der Waals surface area (Å²) in [6.45, 7) is 2.81. The number of benzene rings is 2. The van der Waals surface area contributed by atoms with Crippen LogP contribution in [0.3, 0.4) is 0 Å². The lowest BCUT2D eigenvalue weighted by molar-refractivity contribution is 0.0979. The van der Waals surface area contributed by atoms with E-state index in [0.717, 1.165) is 18.8 Å². The number of carbonyl (C=O) groups is 1. The summed E-state index contributed by atoms with van der Waals surface area (Å²) in [7, 11) is -1.58. The van der Waals surface area contributed by atoms with Gasteiger partial charge in [-0.15, -0.1) is 0 Å². The normalized spacial score (nSPS) is 15.6. The summed E-state index contributed by atoms with van der Waals surface area (Å²) in [6.07, 6.45) is 1.30. The molecule has 1 fully saturated rings. The Bertz CT molecular complexity index is 872. The van der Waals surface area contributed by atoms with E-state index < -0.39 is 22.7 Å². The minimum Gasteiger partial charge on any atom is -0.368 e. The van der Waals surface area contributed by atoms with Crippen LogP contribution < -0.4 is 14.5 Å². The van der Waals surface area contributed by atoms with Gasteiger partial charge in [0.25, 0.3) is 5.91 Å². The van der Waals surface area contributed by atoms with E-state index >= 15 is 0 Å². The second-order valence-electron chi connectivity index (χ2n) is 6.12. The molecule has 3 rings (SSSR count). The number of carbonyl (C=O) groups excluding carboxylic acids is 1. The largest absolute Gasteiger partial charge is 0.368 e. The van der Waals surface area contributed by atoms with Gasteiger partial charge in [0.2, 0.25) is 0 Å². The number of rotatable bonds is 4. The highest BCUT2D eigenvalue weighted by molar-refractivity contribution is 7.82. The minimum atomic E-state index is -1.58. The molecule has 1 atom stereocenters. The highest BCUT2D eigenvalue weighted by Gasteiger charge is 2.22. The van der Waals surface area contributed by atoms with Gasteiger partial charge in [-0.05, 0) is 36.4 Å². The number of nitrogens with zero attached hydrogens (tertiary/aromatic N) is 2. The molecule has 0 radical (unpaired) electrons. The molecule has 0 bridgehead atoms. The molecule has 2 aromatic carbocycles. The molecule has 144 valence electrons. The van der Waals surface area contributed by atoms with E-state index in [1.807, 2.05) is 29.2 Å². The summed E-state index contributed by atoms with van der Waals surface area (Å²) in [5.74, 6) is -1.45. The zero-order chi connectivity index (χ0) is 19.6. The van der Waals surface area contributed by atoms with Crippen molar-refractivity contribution < 1.29 is 13.4 Å². The summed E-state index contributed by atoms with van der Waals surface area (Å²) in [6, 6.07) is 10.2. The molecule has 0 aromatic heterocycles. The van der Waals surface area contributed by atoms with Crippen molar-refractivity contribution in [3.63, 3.8) is 0 Å². The smallest absolute Gasteiger partial charge is 0.265 e. The number of halogens is 3. The Kier molecular flexibility index (Phi) is 6.24. The molecule has 1 aliphatic heterocycles. The molecule has 1 aliphatic rings. The average Bonchev–Trinajstić information content (AvgIpc) is 2.63. The van der Waals surface area contributed by atoms with Crippen LogP contribution in [0.4, 0.5) is 15.8 Å². The topological polar surface area (TPSA) is 52.7 Å². The molecule has 5 nitrogen and oxygen atoms in total. The summed E-state index contributed by atoms with van der Waals surface area (Å²) in [5, 5.41) is 0.971. The Balaban J connectivity index is 1.72. The van der Waals surface area contributed by atoms with Crippen molar-refractivity contribution in [2.24, 2.45) is 0 Å². The summed E-state index contributed by atoms with van der Waals surface area (Å²) >= 11 is 12.2. The molecule has 1 amide bonds. The van der Waals surface area contributed by atoms with E-state index in [1.165, 1.54) is 18.4 Å². The van der Waals surface area contributed by atoms with E-state index in [2.05, 4.69) is 9.62 Å². The Morgan fingerprint density at radius 1 is 1.07 bits per heavy atom. The highest BCUT2D eigenvalue weighted by atomic mass is 35.5. The van der Waals surface area contributed by atoms with Crippen LogP contribution in [0, 0.1) is 5.82 Å². The monoisotopic (exact) mass is 429 g/mol. The lowest BCUT2D eigenvalue weighted by Crippen LogP contribution is -2.46. The number of nitrogens with one attached hydrogen (secondary N) is 1. The standard InChI is InChI=1S/C18H18Cl2FN3O2S/c1-27(26)22-18(25)14-10-15(20)17(11-16(14)21)24-8-6-23(7-9-24)13-4-2-12(19)3-5-13/h2-5,10-11H,6-9H2,1H3,(H,22,25). The van der Waals surface area contributed by atoms with Gasteiger partial charge in [-0.25, -0.2) is 8.60 Å². The number of hydrogen-bond donors (Lipinski definition) is 1. The maximum absolute atomic E-state index is 14.4. The molecule has 1 unspecified atom stereocenters. The van der Waals surface area contributed by atoms with Crippen LogP contribution >= 0.6 is 23.2 Å². The van der Waals surface area contributed by atoms with Gasteiger partial charge in [0.05, 0.1) is 16.3 Å². The molecule has 0 saturated carbocycles. The molecular formula is C18H18Cl2FN3O2S. The van der Waals surface area contributed by atoms with Gasteiger partial charge in [0, 0.05) is 43.1 Å². The van der Waals surface area contributed by atoms with E-state index in [4.69, 9.17) is 23.2 Å². The van der Waals surface area contributed by atoms with Gasteiger partial charge in [0.15, 0.2) is 0 Å². The maximum atomic E-state index is 14.4. The van der Waals surface area contributed by atoms with Crippen molar-refractivity contribution in [2.75, 3.05) is 42.2 Å². The quantitative estimate of drug-likeness (QED) is 0.807. The van der Waals surface area contributed by atoms with Crippen LogP contribution in [0.2, 0.25) is 10.0 Å². The summed E-state index contributed by atoms with van der Waals surface area (Å²) < 4.78 is 27.7. The second-order valence-corrected chi connectivity index (χ2v) is 8.08. The van der Waals surface area contributed by atoms with Crippen LogP contribution in [0.25, 0.3) is 0 Å². The fraction of sp³-hybridized carbons (Fsp3) is 0.278. The fourth-order valence-corrected chi connectivity index (χ4v) is 3.78. The summed E-state index contributed by atoms with van der Waals surface area (Å²) in [4.78, 5) is 16.1. The van der Waals surface area contributed by atoms with Crippen LogP contribution in [0.15, 0.2) is 36.4 Å². The Morgan fingerprint density at radius 3 is 2.26 bits per heavy atom. The van der Waals surface area contributed by atoms with Crippen LogP contribution in [0.5, 0.6) is 0 Å². The first kappa shape index (κ1) is 19.9. The first-order valence-electron chi connectivity index (χ1n) is 8.24. The Hall–Kier alpha value is -1.83. The molecule has 27 heavy (non-hydrogen) atoms. The second kappa shape index (κ2) is 8.46. The van der Waals surface area contributed by atoms with Gasteiger partial charge in [-0.1, -0.05) is 23.2 Å². The third-order valence-electron chi connectivity index (χ3n) is 4.33. The number of piperazine rings is 1. The van der Waals surface area contributed by atoms with Gasteiger partial charge in [0.1, 0.15) is 16.8 Å². The van der Waals surface area contributed by atoms with Gasteiger partial charge >= 0.3 is 0 Å². The maximum Gasteiger partial charge on any atom is 0.265 e. The van der Waals surface area contributed by atoms with Crippen molar-refractivity contribution in [3.8, 4) is 0 Å². The van der Waals surface area contributed by atoms with Crippen LogP contribution in [0.1, 0.15) is 10.4 Å². The molecule has 1 saturated heterocycles. The molecule has 2 aromatic rings. The molecule has 9 heteroatoms. The van der Waals surface area contributed by atoms with Crippen LogP contribution in [-0.2, 0) is 11.0 Å². The summed E-state index contributed by atoms with van der Waals surface area (Å²) in [5.41, 5.74) is 1.40. The van der Waals surface area contributed by atoms with Crippen molar-refractivity contribution >= 4 is 51.5 Å². The van der Waals surface area contributed by atoms with E-state index in [0.29, 0.717) is 23.8 Å². The van der Waals surface area contributed by atoms with Crippen molar-refractivity contribution in [1.82, 2.24) is 4.72 Å². The Labute approximate surface area is 169 Å². The zero-order valence-electron chi connectivity index (χ0n) is 14.5. The number of hydrogen-bond acceptors (Lipinski definition) is 4. The first-order valence-corrected chi connectivity index (χ1v) is 10.6. The lowest BCUT2D eigenvalue weighted by Gasteiger charge is -2.37. The van der Waals surface area contributed by atoms with Crippen molar-refractivity contribution in [3.05, 3.63) is 57.8 Å². The number of amides is 1. The van der Waals surface area contributed by atoms with Gasteiger partial charge in [-0.3, -0.25) is 9.52 Å². The van der Waals surface area contributed by atoms with Crippen molar-refractivity contribution in [2.45, 2.75) is 0 Å². The van der Waals surface area contributed by atoms with E-state index in [1.54, 1.807) is 0 Å². The molecule has 0 spiro atoms. The highest BCUT2D eigenvalue weighted by Crippen LogP contribution is 2.30. The third-order valence-corrected chi connectivity index (χ3v) is 5.36. The van der Waals surface area contributed by atoms with E-state index in [9.17, 15) is 13.4 Å². The SMILES string of the molecule is CS(=O)NC(=O)c1cc(Cl)c(N2CCN(c3ccc(Cl)cc3)CC2)cc1F. The number of anilines is 2. The minimum absolute atomic E-state index is 0.223. The zero-order valence-corrected chi connectivity index (χ0v) is 16.9. The fourth-order valence-electron chi connectivity index (χ4n) is 3.00. The Morgan fingerprint density at radius 2 is 1.67 bits per heavy atom. The average molecular weight is 430 g/mol. The predicted molar refractivity (Wildman–Crippen MR) is 109 cm³/mol. The van der Waals surface area contributed by atoms with Gasteiger partial charge < -0.3 is 9.80 Å². The lowest BCUT2D eigenvalue weighted by atomic mass is 10.1. The molecular weight excluding hydrogens is 412 g/mol. The van der Waals surface area contributed by atoms with E-state index in [-0.39, 0.29) is 10.6 Å².